The molecule has 0 amide bonds. The molecule has 0 aliphatic heterocycles. The Kier molecular flexibility index (Phi) is 16.6. The summed E-state index contributed by atoms with van der Waals surface area (Å²) >= 11 is 1.90. The number of aliphatic hydroxyl groups excluding tert-OH is 2. The number of rotatable bonds is 14. The number of Topliss-reactive ketones (excluding diaryl/α,β-unsaturated/α-hetero) is 2. The van der Waals surface area contributed by atoms with Gasteiger partial charge in [0.15, 0.2) is 11.6 Å². The van der Waals surface area contributed by atoms with E-state index in [2.05, 4.69) is 57.1 Å². The summed E-state index contributed by atoms with van der Waals surface area (Å²) in [5, 5.41) is 29.5. The molecule has 0 bridgehead atoms. The van der Waals surface area contributed by atoms with Crippen molar-refractivity contribution < 1.29 is 29.5 Å². The van der Waals surface area contributed by atoms with Gasteiger partial charge in [-0.15, -0.1) is 0 Å². The first-order valence-corrected chi connectivity index (χ1v) is 17.9. The van der Waals surface area contributed by atoms with Crippen LogP contribution in [0.4, 0.5) is 0 Å². The normalized spacial score (nSPS) is 20.0. The second-order valence-corrected chi connectivity index (χ2v) is 13.9. The topological polar surface area (TPSA) is 118 Å². The molecule has 0 aromatic heterocycles. The zero-order valence-corrected chi connectivity index (χ0v) is 30.3. The zero-order chi connectivity index (χ0) is 34.4. The Bertz CT molecular complexity index is 1310. The van der Waals surface area contributed by atoms with Crippen molar-refractivity contribution in [3.8, 4) is 0 Å². The highest BCUT2D eigenvalue weighted by Gasteiger charge is 2.33. The van der Waals surface area contributed by atoms with Gasteiger partial charge in [-0.2, -0.15) is 11.8 Å². The van der Waals surface area contributed by atoms with Gasteiger partial charge < -0.3 is 19.9 Å². The first-order chi connectivity index (χ1) is 21.9. The number of aliphatic hydroxyl groups is 2. The molecule has 0 saturated carbocycles. The van der Waals surface area contributed by atoms with Gasteiger partial charge in [-0.3, -0.25) is 9.59 Å². The van der Waals surface area contributed by atoms with Crippen molar-refractivity contribution in [3.63, 3.8) is 0 Å². The lowest BCUT2D eigenvalue weighted by molar-refractivity contribution is -0.117. The Hall–Kier alpha value is -3.07. The van der Waals surface area contributed by atoms with Crippen molar-refractivity contribution >= 4 is 34.8 Å². The smallest absolute Gasteiger partial charge is 0.168 e. The fraction of sp³-hybridized carbons (Fsp3) is 0.622. The van der Waals surface area contributed by atoms with E-state index < -0.39 is 0 Å². The number of allylic oxidation sites excluding steroid dienone is 4. The van der Waals surface area contributed by atoms with Crippen molar-refractivity contribution in [2.45, 2.75) is 125 Å². The van der Waals surface area contributed by atoms with Gasteiger partial charge in [0, 0.05) is 30.9 Å². The number of carbonyl (C=O) groups is 2. The van der Waals surface area contributed by atoms with Crippen LogP contribution in [0.3, 0.4) is 0 Å². The van der Waals surface area contributed by atoms with E-state index in [-0.39, 0.29) is 34.9 Å². The van der Waals surface area contributed by atoms with E-state index in [1.165, 1.54) is 22.3 Å². The Balaban J connectivity index is 0.000000322. The maximum Gasteiger partial charge on any atom is 0.168 e. The molecule has 1 aromatic rings. The highest BCUT2D eigenvalue weighted by atomic mass is 32.2. The third-order valence-corrected chi connectivity index (χ3v) is 9.33. The number of benzene rings is 1. The molecule has 3 rings (SSSR count). The first kappa shape index (κ1) is 39.1. The summed E-state index contributed by atoms with van der Waals surface area (Å²) in [6.45, 7) is 19.1. The predicted molar refractivity (Wildman–Crippen MR) is 190 cm³/mol. The number of hydrogen-bond acceptors (Lipinski definition) is 9. The molecule has 256 valence electrons. The van der Waals surface area contributed by atoms with E-state index in [1.54, 1.807) is 0 Å². The van der Waals surface area contributed by atoms with Crippen molar-refractivity contribution in [1.29, 1.82) is 0 Å². The van der Waals surface area contributed by atoms with Crippen LogP contribution in [0.2, 0.25) is 0 Å². The van der Waals surface area contributed by atoms with E-state index in [1.807, 2.05) is 39.5 Å². The van der Waals surface area contributed by atoms with E-state index in [9.17, 15) is 19.8 Å². The second kappa shape index (κ2) is 19.6. The predicted octanol–water partition coefficient (Wildman–Crippen LogP) is 9.17. The van der Waals surface area contributed by atoms with Gasteiger partial charge in [0.25, 0.3) is 0 Å². The molecular weight excluding hydrogens is 600 g/mol. The average Bonchev–Trinajstić information content (AvgIpc) is 2.96. The molecule has 8 nitrogen and oxygen atoms in total. The standard InChI is InChI=1S/C20H27NO3.C17H29NO3S/c1-6-16(21-24-7-2)20-17(22)10-15(11-18(20)23)19-13(4)8-12(3)9-14(19)5;1-5-8-14(18-21-6-2)17-15(19)10-13(11-16(17)20)9-12(4)22-7-3/h8-9,15,22H,6-7,10-11H2,1-5H3;12-13,19H,5-11H2,1-4H3/b21-16+;. The second-order valence-electron chi connectivity index (χ2n) is 12.2. The van der Waals surface area contributed by atoms with Crippen LogP contribution < -0.4 is 0 Å². The molecule has 0 spiro atoms. The van der Waals surface area contributed by atoms with Gasteiger partial charge in [0.2, 0.25) is 0 Å². The summed E-state index contributed by atoms with van der Waals surface area (Å²) in [5.74, 6) is 1.62. The minimum atomic E-state index is -0.0524. The molecule has 9 heteroatoms. The summed E-state index contributed by atoms with van der Waals surface area (Å²) in [7, 11) is 0. The number of nitrogens with zero attached hydrogens (tertiary/aromatic N) is 2. The molecule has 3 unspecified atom stereocenters. The Morgan fingerprint density at radius 2 is 1.39 bits per heavy atom. The number of carbonyl (C=O) groups excluding carboxylic acids is 2. The number of ketones is 2. The summed E-state index contributed by atoms with van der Waals surface area (Å²) in [5.41, 5.74) is 6.65. The highest BCUT2D eigenvalue weighted by molar-refractivity contribution is 7.99. The molecule has 2 aliphatic rings. The maximum atomic E-state index is 12.7. The zero-order valence-electron chi connectivity index (χ0n) is 29.5. The molecule has 0 radical (unpaired) electrons. The van der Waals surface area contributed by atoms with Crippen molar-refractivity contribution in [2.75, 3.05) is 19.0 Å². The van der Waals surface area contributed by atoms with Gasteiger partial charge in [0.1, 0.15) is 24.7 Å². The van der Waals surface area contributed by atoms with Crippen LogP contribution in [0.15, 0.2) is 45.1 Å². The monoisotopic (exact) mass is 656 g/mol. The highest BCUT2D eigenvalue weighted by Crippen LogP contribution is 2.38. The van der Waals surface area contributed by atoms with E-state index >= 15 is 0 Å². The van der Waals surface area contributed by atoms with Gasteiger partial charge >= 0.3 is 0 Å². The van der Waals surface area contributed by atoms with E-state index in [0.29, 0.717) is 79.6 Å². The Morgan fingerprint density at radius 1 is 0.848 bits per heavy atom. The summed E-state index contributed by atoms with van der Waals surface area (Å²) in [4.78, 5) is 35.4. The lowest BCUT2D eigenvalue weighted by Gasteiger charge is -2.27. The van der Waals surface area contributed by atoms with Crippen molar-refractivity contribution in [2.24, 2.45) is 16.2 Å². The molecular formula is C37H56N2O6S. The third-order valence-electron chi connectivity index (χ3n) is 8.23. The number of oxime groups is 2. The molecule has 0 fully saturated rings. The largest absolute Gasteiger partial charge is 0.511 e. The summed E-state index contributed by atoms with van der Waals surface area (Å²) < 4.78 is 0. The van der Waals surface area contributed by atoms with Crippen molar-refractivity contribution in [3.05, 3.63) is 57.1 Å². The number of hydrogen-bond donors (Lipinski definition) is 2. The van der Waals surface area contributed by atoms with Crippen LogP contribution in [0, 0.1) is 26.7 Å². The lowest BCUT2D eigenvalue weighted by Crippen LogP contribution is -2.26. The SMILES string of the molecule is CCCC(=NOCC)C1=C(O)CC(CC(C)SCC)CC1=O.CCO/N=C(\CC)C1=C(O)CC(c2c(C)cc(C)cc2C)CC1=O. The number of aryl methyl sites for hydroxylation is 3. The van der Waals surface area contributed by atoms with Crippen LogP contribution in [0.5, 0.6) is 0 Å². The molecule has 0 saturated heterocycles. The molecule has 46 heavy (non-hydrogen) atoms. The van der Waals surface area contributed by atoms with Gasteiger partial charge in [0.05, 0.1) is 22.6 Å². The van der Waals surface area contributed by atoms with Gasteiger partial charge in [-0.25, -0.2) is 0 Å². The fourth-order valence-corrected chi connectivity index (χ4v) is 7.55. The molecule has 0 heterocycles. The first-order valence-electron chi connectivity index (χ1n) is 16.9. The summed E-state index contributed by atoms with van der Waals surface area (Å²) in [6.07, 6.45) is 4.98. The Morgan fingerprint density at radius 3 is 1.89 bits per heavy atom. The van der Waals surface area contributed by atoms with Crippen LogP contribution in [0.1, 0.15) is 121 Å². The quantitative estimate of drug-likeness (QED) is 0.151. The van der Waals surface area contributed by atoms with Crippen LogP contribution in [0.25, 0.3) is 0 Å². The lowest BCUT2D eigenvalue weighted by atomic mass is 9.78. The molecule has 2 aliphatic carbocycles. The molecule has 2 N–H and O–H groups in total. The number of thioether (sulfide) groups is 1. The molecule has 1 aromatic carbocycles. The molecule has 3 atom stereocenters. The summed E-state index contributed by atoms with van der Waals surface area (Å²) in [6, 6.07) is 4.27. The minimum Gasteiger partial charge on any atom is -0.511 e. The van der Waals surface area contributed by atoms with Crippen LogP contribution in [-0.4, -0.2) is 57.4 Å². The Labute approximate surface area is 280 Å². The van der Waals surface area contributed by atoms with Crippen molar-refractivity contribution in [1.82, 2.24) is 0 Å². The van der Waals surface area contributed by atoms with E-state index in [4.69, 9.17) is 9.68 Å². The third kappa shape index (κ3) is 11.0. The van der Waals surface area contributed by atoms with Gasteiger partial charge in [-0.1, -0.05) is 62.1 Å². The van der Waals surface area contributed by atoms with E-state index in [0.717, 1.165) is 18.6 Å². The average molecular weight is 657 g/mol. The minimum absolute atomic E-state index is 0.00866. The van der Waals surface area contributed by atoms with Gasteiger partial charge in [-0.05, 0) is 88.2 Å². The van der Waals surface area contributed by atoms with Crippen LogP contribution >= 0.6 is 11.8 Å². The maximum absolute atomic E-state index is 12.7. The van der Waals surface area contributed by atoms with Crippen LogP contribution in [-0.2, 0) is 19.3 Å². The fourth-order valence-electron chi connectivity index (χ4n) is 6.58.